The average Bonchev–Trinajstić information content (AvgIpc) is 2.32. The third-order valence-electron chi connectivity index (χ3n) is 3.05. The van der Waals surface area contributed by atoms with Crippen LogP contribution in [0.1, 0.15) is 45.1 Å². The lowest BCUT2D eigenvalue weighted by Crippen LogP contribution is -2.16. The van der Waals surface area contributed by atoms with E-state index < -0.39 is 0 Å². The molecule has 0 saturated heterocycles. The number of carbonyl (C=O) groups is 1. The Hall–Kier alpha value is -0.820. The lowest BCUT2D eigenvalue weighted by atomic mass is 9.90. The Labute approximate surface area is 109 Å². The zero-order valence-corrected chi connectivity index (χ0v) is 11.5. The lowest BCUT2D eigenvalue weighted by molar-refractivity contribution is -0.122. The maximum absolute atomic E-state index is 12.2. The molecule has 0 N–H and O–H groups in total. The Morgan fingerprint density at radius 2 is 1.76 bits per heavy atom. The van der Waals surface area contributed by atoms with Crippen molar-refractivity contribution in [1.29, 1.82) is 0 Å². The molecule has 0 aliphatic carbocycles. The van der Waals surface area contributed by atoms with Gasteiger partial charge in [-0.1, -0.05) is 56.5 Å². The van der Waals surface area contributed by atoms with Crippen molar-refractivity contribution in [3.8, 4) is 0 Å². The summed E-state index contributed by atoms with van der Waals surface area (Å²) in [6.07, 6.45) is 4.61. The number of hydrogen-bond acceptors (Lipinski definition) is 1. The molecule has 1 aromatic rings. The van der Waals surface area contributed by atoms with Gasteiger partial charge in [0.15, 0.2) is 0 Å². The van der Waals surface area contributed by atoms with Crippen LogP contribution in [0.2, 0.25) is 5.02 Å². The highest BCUT2D eigenvalue weighted by atomic mass is 35.5. The average molecular weight is 253 g/mol. The van der Waals surface area contributed by atoms with Crippen molar-refractivity contribution in [2.75, 3.05) is 0 Å². The van der Waals surface area contributed by atoms with E-state index in [4.69, 9.17) is 11.6 Å². The van der Waals surface area contributed by atoms with Crippen LogP contribution in [0.15, 0.2) is 24.3 Å². The van der Waals surface area contributed by atoms with Gasteiger partial charge < -0.3 is 0 Å². The topological polar surface area (TPSA) is 17.1 Å². The van der Waals surface area contributed by atoms with Gasteiger partial charge in [0.2, 0.25) is 0 Å². The lowest BCUT2D eigenvalue weighted by Gasteiger charge is -2.14. The number of hydrogen-bond donors (Lipinski definition) is 0. The largest absolute Gasteiger partial charge is 0.299 e. The van der Waals surface area contributed by atoms with E-state index in [-0.39, 0.29) is 5.92 Å². The minimum atomic E-state index is 0.210. The van der Waals surface area contributed by atoms with Crippen molar-refractivity contribution in [3.05, 3.63) is 34.9 Å². The van der Waals surface area contributed by atoms with Gasteiger partial charge in [-0.15, -0.1) is 0 Å². The molecule has 0 saturated carbocycles. The number of carbonyl (C=O) groups excluding carboxylic acids is 1. The van der Waals surface area contributed by atoms with Crippen LogP contribution in [0.5, 0.6) is 0 Å². The molecule has 0 amide bonds. The summed E-state index contributed by atoms with van der Waals surface area (Å²) < 4.78 is 0. The first-order valence-electron chi connectivity index (χ1n) is 6.45. The fourth-order valence-electron chi connectivity index (χ4n) is 2.14. The van der Waals surface area contributed by atoms with Crippen LogP contribution in [-0.2, 0) is 11.2 Å². The maximum Gasteiger partial charge on any atom is 0.140 e. The molecule has 94 valence electrons. The highest BCUT2D eigenvalue weighted by Crippen LogP contribution is 2.21. The van der Waals surface area contributed by atoms with Crippen LogP contribution in [0, 0.1) is 5.92 Å². The third kappa shape index (κ3) is 4.51. The van der Waals surface area contributed by atoms with Crippen LogP contribution in [-0.4, -0.2) is 5.78 Å². The number of ketones is 1. The fourth-order valence-corrected chi connectivity index (χ4v) is 2.34. The summed E-state index contributed by atoms with van der Waals surface area (Å²) in [5, 5.41) is 0.701. The van der Waals surface area contributed by atoms with Gasteiger partial charge in [-0.25, -0.2) is 0 Å². The van der Waals surface area contributed by atoms with Gasteiger partial charge in [0.25, 0.3) is 0 Å². The SMILES string of the molecule is CCCC(CCC)C(=O)Cc1ccccc1Cl. The van der Waals surface area contributed by atoms with Crippen LogP contribution in [0.4, 0.5) is 0 Å². The molecule has 1 aromatic carbocycles. The predicted molar refractivity (Wildman–Crippen MR) is 73.5 cm³/mol. The molecule has 0 bridgehead atoms. The summed E-state index contributed by atoms with van der Waals surface area (Å²) >= 11 is 6.07. The Morgan fingerprint density at radius 1 is 1.18 bits per heavy atom. The Bertz CT molecular complexity index is 354. The Kier molecular flexibility index (Phi) is 6.28. The number of benzene rings is 1. The molecule has 0 aromatic heterocycles. The van der Waals surface area contributed by atoms with Crippen LogP contribution >= 0.6 is 11.6 Å². The van der Waals surface area contributed by atoms with E-state index in [2.05, 4.69) is 13.8 Å². The molecule has 17 heavy (non-hydrogen) atoms. The zero-order valence-electron chi connectivity index (χ0n) is 10.7. The molecule has 0 atom stereocenters. The fraction of sp³-hybridized carbons (Fsp3) is 0.533. The Morgan fingerprint density at radius 3 is 2.29 bits per heavy atom. The number of Topliss-reactive ketones (excluding diaryl/α,β-unsaturated/α-hetero) is 1. The minimum absolute atomic E-state index is 0.210. The van der Waals surface area contributed by atoms with Gasteiger partial charge in [-0.05, 0) is 24.5 Å². The first-order valence-corrected chi connectivity index (χ1v) is 6.82. The monoisotopic (exact) mass is 252 g/mol. The molecular formula is C15H21ClO. The summed E-state index contributed by atoms with van der Waals surface area (Å²) in [7, 11) is 0. The van der Waals surface area contributed by atoms with E-state index >= 15 is 0 Å². The molecule has 0 radical (unpaired) electrons. The second-order valence-corrected chi connectivity index (χ2v) is 4.92. The summed E-state index contributed by atoms with van der Waals surface area (Å²) in [5.74, 6) is 0.545. The van der Waals surface area contributed by atoms with Crippen molar-refractivity contribution in [3.63, 3.8) is 0 Å². The molecule has 1 rings (SSSR count). The molecule has 1 nitrogen and oxygen atoms in total. The van der Waals surface area contributed by atoms with Gasteiger partial charge in [0.05, 0.1) is 0 Å². The number of halogens is 1. The summed E-state index contributed by atoms with van der Waals surface area (Å²) in [5.41, 5.74) is 0.955. The number of rotatable bonds is 7. The first kappa shape index (κ1) is 14.2. The zero-order chi connectivity index (χ0) is 12.7. The van der Waals surface area contributed by atoms with Crippen LogP contribution < -0.4 is 0 Å². The maximum atomic E-state index is 12.2. The molecule has 0 heterocycles. The van der Waals surface area contributed by atoms with Crippen molar-refractivity contribution >= 4 is 17.4 Å². The van der Waals surface area contributed by atoms with E-state index in [0.29, 0.717) is 17.2 Å². The second kappa shape index (κ2) is 7.50. The molecule has 0 fully saturated rings. The summed E-state index contributed by atoms with van der Waals surface area (Å²) in [6.45, 7) is 4.26. The van der Waals surface area contributed by atoms with Crippen molar-refractivity contribution in [2.24, 2.45) is 5.92 Å². The van der Waals surface area contributed by atoms with Crippen molar-refractivity contribution < 1.29 is 4.79 Å². The van der Waals surface area contributed by atoms with E-state index in [1.165, 1.54) is 0 Å². The standard InChI is InChI=1S/C15H21ClO/c1-3-7-12(8-4-2)15(17)11-13-9-5-6-10-14(13)16/h5-6,9-10,12H,3-4,7-8,11H2,1-2H3. The van der Waals surface area contributed by atoms with Crippen molar-refractivity contribution in [1.82, 2.24) is 0 Å². The second-order valence-electron chi connectivity index (χ2n) is 4.51. The molecular weight excluding hydrogens is 232 g/mol. The smallest absolute Gasteiger partial charge is 0.140 e. The van der Waals surface area contributed by atoms with Gasteiger partial charge in [0, 0.05) is 17.4 Å². The normalized spacial score (nSPS) is 10.8. The van der Waals surface area contributed by atoms with Crippen LogP contribution in [0.25, 0.3) is 0 Å². The third-order valence-corrected chi connectivity index (χ3v) is 3.42. The highest BCUT2D eigenvalue weighted by molar-refractivity contribution is 6.31. The van der Waals surface area contributed by atoms with Gasteiger partial charge in [-0.3, -0.25) is 4.79 Å². The molecule has 0 unspecified atom stereocenters. The van der Waals surface area contributed by atoms with Gasteiger partial charge in [-0.2, -0.15) is 0 Å². The highest BCUT2D eigenvalue weighted by Gasteiger charge is 2.17. The predicted octanol–water partition coefficient (Wildman–Crippen LogP) is 4.67. The van der Waals surface area contributed by atoms with E-state index in [0.717, 1.165) is 31.2 Å². The first-order chi connectivity index (χ1) is 8.19. The molecule has 0 aliphatic rings. The molecule has 2 heteroatoms. The van der Waals surface area contributed by atoms with E-state index in [1.54, 1.807) is 0 Å². The summed E-state index contributed by atoms with van der Waals surface area (Å²) in [4.78, 5) is 12.2. The van der Waals surface area contributed by atoms with E-state index in [9.17, 15) is 4.79 Å². The van der Waals surface area contributed by atoms with Gasteiger partial charge in [0.1, 0.15) is 5.78 Å². The van der Waals surface area contributed by atoms with E-state index in [1.807, 2.05) is 24.3 Å². The minimum Gasteiger partial charge on any atom is -0.299 e. The molecule has 0 aliphatic heterocycles. The molecule has 0 spiro atoms. The summed E-state index contributed by atoms with van der Waals surface area (Å²) in [6, 6.07) is 7.61. The van der Waals surface area contributed by atoms with Crippen LogP contribution in [0.3, 0.4) is 0 Å². The van der Waals surface area contributed by atoms with Gasteiger partial charge >= 0.3 is 0 Å². The quantitative estimate of drug-likeness (QED) is 0.689. The van der Waals surface area contributed by atoms with Crippen molar-refractivity contribution in [2.45, 2.75) is 46.0 Å². The Balaban J connectivity index is 2.66.